The first kappa shape index (κ1) is 26.8. The third-order valence-electron chi connectivity index (χ3n) is 5.74. The molecule has 0 bridgehead atoms. The van der Waals surface area contributed by atoms with E-state index in [1.54, 1.807) is 10.6 Å². The van der Waals surface area contributed by atoms with Crippen molar-refractivity contribution in [1.29, 1.82) is 0 Å². The van der Waals surface area contributed by atoms with Gasteiger partial charge in [0.2, 0.25) is 10.0 Å². The Morgan fingerprint density at radius 2 is 1.86 bits per heavy atom. The normalized spacial score (nSPS) is 12.2. The first-order valence-electron chi connectivity index (χ1n) is 12.1. The fourth-order valence-corrected chi connectivity index (χ4v) is 5.40. The number of hydrogen-bond donors (Lipinski definition) is 1. The number of aryl methyl sites for hydroxylation is 2. The van der Waals surface area contributed by atoms with Gasteiger partial charge in [-0.2, -0.15) is 4.31 Å². The van der Waals surface area contributed by atoms with Crippen LogP contribution in [-0.2, 0) is 22.9 Å². The van der Waals surface area contributed by atoms with E-state index in [-0.39, 0.29) is 16.3 Å². The largest absolute Gasteiger partial charge is 0.493 e. The Morgan fingerprint density at radius 1 is 1.11 bits per heavy atom. The summed E-state index contributed by atoms with van der Waals surface area (Å²) >= 11 is 0. The lowest BCUT2D eigenvalue weighted by molar-refractivity contribution is 0.339. The van der Waals surface area contributed by atoms with Gasteiger partial charge in [0.05, 0.1) is 22.8 Å². The van der Waals surface area contributed by atoms with Crippen LogP contribution in [0.15, 0.2) is 27.9 Å². The number of ether oxygens (including phenoxy) is 1. The minimum absolute atomic E-state index is 0.118. The van der Waals surface area contributed by atoms with Gasteiger partial charge in [-0.1, -0.05) is 20.8 Å². The highest BCUT2D eigenvalue weighted by molar-refractivity contribution is 7.89. The highest BCUT2D eigenvalue weighted by atomic mass is 32.2. The van der Waals surface area contributed by atoms with Crippen molar-refractivity contribution in [3.8, 4) is 17.1 Å². The van der Waals surface area contributed by atoms with Gasteiger partial charge in [-0.3, -0.25) is 4.79 Å². The molecule has 0 amide bonds. The van der Waals surface area contributed by atoms with Crippen LogP contribution in [0, 0.1) is 0 Å². The van der Waals surface area contributed by atoms with E-state index in [9.17, 15) is 13.2 Å². The van der Waals surface area contributed by atoms with E-state index < -0.39 is 10.0 Å². The highest BCUT2D eigenvalue weighted by Crippen LogP contribution is 2.31. The van der Waals surface area contributed by atoms with Crippen molar-refractivity contribution in [2.24, 2.45) is 0 Å². The molecule has 0 aliphatic rings. The van der Waals surface area contributed by atoms with Crippen molar-refractivity contribution in [3.63, 3.8) is 0 Å². The lowest BCUT2D eigenvalue weighted by Gasteiger charge is -2.23. The molecule has 11 heteroatoms. The number of fused-ring (bicyclic) bond motifs is 1. The van der Waals surface area contributed by atoms with Gasteiger partial charge in [-0.15, -0.1) is 5.10 Å². The number of aromatic nitrogens is 4. The van der Waals surface area contributed by atoms with Gasteiger partial charge in [-0.05, 0) is 52.1 Å². The Bertz CT molecular complexity index is 1330. The molecule has 35 heavy (non-hydrogen) atoms. The number of likely N-dealkylation sites (N-methyl/N-ethyl adjacent to an activating group) is 2. The summed E-state index contributed by atoms with van der Waals surface area (Å²) in [6, 6.07) is 4.68. The minimum atomic E-state index is -3.77. The standard InChI is InChI=1S/C24H36N6O4S/c1-7-11-21-25-19(8-2)22-24(31)26-23(27-30(21)22)18-16-17(12-13-20(18)34-10-4)35(32,33)29(9-3)15-14-28(5)6/h12-13,16H,7-11,14-15H2,1-6H3,(H,26,27,31). The number of aromatic amines is 1. The second-order valence-corrected chi connectivity index (χ2v) is 10.5. The van der Waals surface area contributed by atoms with Crippen LogP contribution >= 0.6 is 0 Å². The third kappa shape index (κ3) is 5.57. The lowest BCUT2D eigenvalue weighted by atomic mass is 10.2. The Morgan fingerprint density at radius 3 is 2.46 bits per heavy atom. The van der Waals surface area contributed by atoms with Crippen LogP contribution in [0.25, 0.3) is 16.9 Å². The quantitative estimate of drug-likeness (QED) is 0.403. The maximum absolute atomic E-state index is 13.4. The number of H-pyrrole nitrogens is 1. The molecule has 0 saturated carbocycles. The van der Waals surface area contributed by atoms with Gasteiger partial charge in [0, 0.05) is 26.1 Å². The molecule has 0 aliphatic heterocycles. The van der Waals surface area contributed by atoms with Gasteiger partial charge in [0.15, 0.2) is 11.3 Å². The van der Waals surface area contributed by atoms with E-state index in [4.69, 9.17) is 4.74 Å². The number of sulfonamides is 1. The monoisotopic (exact) mass is 504 g/mol. The first-order valence-corrected chi connectivity index (χ1v) is 13.5. The molecular formula is C24H36N6O4S. The Labute approximate surface area is 207 Å². The van der Waals surface area contributed by atoms with E-state index in [1.807, 2.05) is 46.7 Å². The second kappa shape index (κ2) is 11.3. The fourth-order valence-electron chi connectivity index (χ4n) is 3.93. The minimum Gasteiger partial charge on any atom is -0.493 e. The van der Waals surface area contributed by atoms with Gasteiger partial charge >= 0.3 is 0 Å². The molecule has 0 fully saturated rings. The van der Waals surface area contributed by atoms with Crippen molar-refractivity contribution < 1.29 is 13.2 Å². The molecule has 0 spiro atoms. The molecule has 0 aliphatic carbocycles. The van der Waals surface area contributed by atoms with E-state index in [2.05, 4.69) is 15.1 Å². The molecule has 1 N–H and O–H groups in total. The molecule has 3 rings (SSSR count). The zero-order valence-corrected chi connectivity index (χ0v) is 22.3. The van der Waals surface area contributed by atoms with Crippen LogP contribution in [0.5, 0.6) is 5.75 Å². The Balaban J connectivity index is 2.19. The maximum atomic E-state index is 13.4. The van der Waals surface area contributed by atoms with Gasteiger partial charge in [0.1, 0.15) is 11.6 Å². The third-order valence-corrected chi connectivity index (χ3v) is 7.71. The van der Waals surface area contributed by atoms with Crippen LogP contribution in [0.1, 0.15) is 45.6 Å². The fraction of sp³-hybridized carbons (Fsp3) is 0.542. The number of nitrogens with one attached hydrogen (secondary N) is 1. The second-order valence-electron chi connectivity index (χ2n) is 8.53. The Kier molecular flexibility index (Phi) is 8.68. The lowest BCUT2D eigenvalue weighted by Crippen LogP contribution is -2.36. The van der Waals surface area contributed by atoms with Crippen LogP contribution in [0.2, 0.25) is 0 Å². The summed E-state index contributed by atoms with van der Waals surface area (Å²) in [6.45, 7) is 9.33. The summed E-state index contributed by atoms with van der Waals surface area (Å²) < 4.78 is 35.7. The van der Waals surface area contributed by atoms with Crippen molar-refractivity contribution in [1.82, 2.24) is 28.8 Å². The molecule has 0 unspecified atom stereocenters. The molecule has 3 aromatic rings. The van der Waals surface area contributed by atoms with Crippen LogP contribution in [0.4, 0.5) is 0 Å². The van der Waals surface area contributed by atoms with E-state index in [0.717, 1.165) is 6.42 Å². The smallest absolute Gasteiger partial charge is 0.277 e. The molecule has 10 nitrogen and oxygen atoms in total. The van der Waals surface area contributed by atoms with Gasteiger partial charge < -0.3 is 14.6 Å². The SMILES string of the molecule is CCCc1nc(CC)c2c(=O)[nH]c(-c3cc(S(=O)(=O)N(CC)CCN(C)C)ccc3OCC)nn12. The molecule has 2 heterocycles. The molecule has 0 radical (unpaired) electrons. The van der Waals surface area contributed by atoms with Crippen LogP contribution in [-0.4, -0.2) is 77.5 Å². The summed E-state index contributed by atoms with van der Waals surface area (Å²) in [5.74, 6) is 1.38. The number of nitrogens with zero attached hydrogens (tertiary/aromatic N) is 5. The molecular weight excluding hydrogens is 468 g/mol. The topological polar surface area (TPSA) is 113 Å². The van der Waals surface area contributed by atoms with Crippen molar-refractivity contribution in [2.45, 2.75) is 51.9 Å². The van der Waals surface area contributed by atoms with Crippen molar-refractivity contribution in [3.05, 3.63) is 40.1 Å². The van der Waals surface area contributed by atoms with E-state index in [1.165, 1.54) is 16.4 Å². The zero-order valence-electron chi connectivity index (χ0n) is 21.5. The molecule has 0 atom stereocenters. The average Bonchev–Trinajstić information content (AvgIpc) is 3.17. The summed E-state index contributed by atoms with van der Waals surface area (Å²) in [6.07, 6.45) is 2.12. The highest BCUT2D eigenvalue weighted by Gasteiger charge is 2.26. The van der Waals surface area contributed by atoms with E-state index in [0.29, 0.717) is 67.4 Å². The summed E-state index contributed by atoms with van der Waals surface area (Å²) in [7, 11) is 0.0404. The van der Waals surface area contributed by atoms with Gasteiger partial charge in [0.25, 0.3) is 5.56 Å². The molecule has 1 aromatic carbocycles. The molecule has 192 valence electrons. The summed E-state index contributed by atoms with van der Waals surface area (Å²) in [5, 5.41) is 4.69. The van der Waals surface area contributed by atoms with Gasteiger partial charge in [-0.25, -0.2) is 17.9 Å². The van der Waals surface area contributed by atoms with Crippen molar-refractivity contribution in [2.75, 3.05) is 40.3 Å². The maximum Gasteiger partial charge on any atom is 0.277 e. The number of rotatable bonds is 12. The predicted octanol–water partition coefficient (Wildman–Crippen LogP) is 2.57. The summed E-state index contributed by atoms with van der Waals surface area (Å²) in [4.78, 5) is 22.6. The first-order chi connectivity index (χ1) is 16.7. The summed E-state index contributed by atoms with van der Waals surface area (Å²) in [5.41, 5.74) is 1.19. The average molecular weight is 505 g/mol. The van der Waals surface area contributed by atoms with Crippen molar-refractivity contribution >= 4 is 15.5 Å². The molecule has 0 saturated heterocycles. The van der Waals surface area contributed by atoms with Crippen LogP contribution < -0.4 is 10.3 Å². The predicted molar refractivity (Wildman–Crippen MR) is 137 cm³/mol. The number of imidazole rings is 1. The number of hydrogen-bond acceptors (Lipinski definition) is 7. The molecule has 2 aromatic heterocycles. The van der Waals surface area contributed by atoms with Crippen LogP contribution in [0.3, 0.4) is 0 Å². The Hall–Kier alpha value is -2.76. The zero-order chi connectivity index (χ0) is 25.8. The number of benzene rings is 1. The van der Waals surface area contributed by atoms with E-state index >= 15 is 0 Å².